The second kappa shape index (κ2) is 5.22. The van der Waals surface area contributed by atoms with Gasteiger partial charge in [0, 0.05) is 17.1 Å². The summed E-state index contributed by atoms with van der Waals surface area (Å²) in [4.78, 5) is 3.38. The molecule has 1 atom stereocenters. The highest BCUT2D eigenvalue weighted by molar-refractivity contribution is 5.84. The maximum absolute atomic E-state index is 3.88. The van der Waals surface area contributed by atoms with Gasteiger partial charge in [-0.05, 0) is 43.4 Å². The molecule has 2 aromatic rings. The van der Waals surface area contributed by atoms with Gasteiger partial charge < -0.3 is 4.98 Å². The molecule has 1 nitrogen and oxygen atoms in total. The summed E-state index contributed by atoms with van der Waals surface area (Å²) in [7, 11) is 0. The first-order chi connectivity index (χ1) is 8.26. The number of aryl methyl sites for hydroxylation is 1. The van der Waals surface area contributed by atoms with Crippen molar-refractivity contribution in [2.45, 2.75) is 39.0 Å². The van der Waals surface area contributed by atoms with Crippen molar-refractivity contribution in [1.82, 2.24) is 4.98 Å². The number of fused-ring (bicyclic) bond motifs is 1. The predicted octanol–water partition coefficient (Wildman–Crippen LogP) is 4.94. The van der Waals surface area contributed by atoms with Gasteiger partial charge in [-0.1, -0.05) is 31.1 Å². The average Bonchev–Trinajstić information content (AvgIpc) is 2.71. The fraction of sp³-hybridized carbons (Fsp3) is 0.375. The molecule has 0 saturated heterocycles. The number of benzene rings is 1. The summed E-state index contributed by atoms with van der Waals surface area (Å²) in [5.41, 5.74) is 4.02. The van der Waals surface area contributed by atoms with Crippen LogP contribution in [0.2, 0.25) is 0 Å². The topological polar surface area (TPSA) is 15.8 Å². The summed E-state index contributed by atoms with van der Waals surface area (Å²) in [6.07, 6.45) is 7.72. The van der Waals surface area contributed by atoms with Crippen LogP contribution in [-0.2, 0) is 0 Å². The molecule has 1 N–H and O–H groups in total. The first-order valence-corrected chi connectivity index (χ1v) is 6.44. The van der Waals surface area contributed by atoms with E-state index in [-0.39, 0.29) is 0 Å². The number of hydrogen-bond donors (Lipinski definition) is 1. The van der Waals surface area contributed by atoms with Gasteiger partial charge in [0.2, 0.25) is 0 Å². The number of aromatic nitrogens is 1. The number of allylic oxidation sites excluding steroid dienone is 1. The number of aromatic amines is 1. The van der Waals surface area contributed by atoms with Crippen molar-refractivity contribution in [3.63, 3.8) is 0 Å². The molecule has 0 radical (unpaired) electrons. The largest absolute Gasteiger partial charge is 0.361 e. The van der Waals surface area contributed by atoms with Gasteiger partial charge in [0.25, 0.3) is 0 Å². The molecule has 0 aliphatic carbocycles. The van der Waals surface area contributed by atoms with Gasteiger partial charge in [0.15, 0.2) is 0 Å². The molecule has 90 valence electrons. The molecule has 0 bridgehead atoms. The second-order valence-electron chi connectivity index (χ2n) is 4.80. The van der Waals surface area contributed by atoms with Crippen molar-refractivity contribution < 1.29 is 0 Å². The summed E-state index contributed by atoms with van der Waals surface area (Å²) < 4.78 is 0. The SMILES string of the molecule is C=CCC(CCC)c1c[nH]c2ccc(C)cc12. The maximum atomic E-state index is 3.88. The van der Waals surface area contributed by atoms with Crippen LogP contribution < -0.4 is 0 Å². The third kappa shape index (κ3) is 2.44. The van der Waals surface area contributed by atoms with Crippen LogP contribution in [0.5, 0.6) is 0 Å². The number of nitrogens with one attached hydrogen (secondary N) is 1. The van der Waals surface area contributed by atoms with Crippen molar-refractivity contribution in [3.05, 3.63) is 48.2 Å². The van der Waals surface area contributed by atoms with Gasteiger partial charge in [0.05, 0.1) is 0 Å². The van der Waals surface area contributed by atoms with E-state index < -0.39 is 0 Å². The summed E-state index contributed by atoms with van der Waals surface area (Å²) >= 11 is 0. The van der Waals surface area contributed by atoms with E-state index in [9.17, 15) is 0 Å². The lowest BCUT2D eigenvalue weighted by Crippen LogP contribution is -1.96. The number of H-pyrrole nitrogens is 1. The summed E-state index contributed by atoms with van der Waals surface area (Å²) in [5, 5.41) is 1.38. The van der Waals surface area contributed by atoms with Crippen LogP contribution in [-0.4, -0.2) is 4.98 Å². The predicted molar refractivity (Wildman–Crippen MR) is 75.5 cm³/mol. The average molecular weight is 227 g/mol. The quantitative estimate of drug-likeness (QED) is 0.697. The fourth-order valence-corrected chi connectivity index (χ4v) is 2.54. The van der Waals surface area contributed by atoms with Crippen molar-refractivity contribution in [3.8, 4) is 0 Å². The molecular weight excluding hydrogens is 206 g/mol. The highest BCUT2D eigenvalue weighted by atomic mass is 14.7. The Labute approximate surface area is 104 Å². The Morgan fingerprint density at radius 3 is 2.94 bits per heavy atom. The van der Waals surface area contributed by atoms with Gasteiger partial charge in [-0.2, -0.15) is 0 Å². The third-order valence-corrected chi connectivity index (χ3v) is 3.40. The second-order valence-corrected chi connectivity index (χ2v) is 4.80. The zero-order valence-electron chi connectivity index (χ0n) is 10.8. The molecule has 2 rings (SSSR count). The van der Waals surface area contributed by atoms with E-state index in [1.165, 1.54) is 34.9 Å². The van der Waals surface area contributed by atoms with Crippen molar-refractivity contribution in [2.24, 2.45) is 0 Å². The molecule has 0 aliphatic rings. The lowest BCUT2D eigenvalue weighted by Gasteiger charge is -2.13. The van der Waals surface area contributed by atoms with E-state index in [0.717, 1.165) is 6.42 Å². The molecule has 0 saturated carbocycles. The Bertz CT molecular complexity index is 507. The lowest BCUT2D eigenvalue weighted by molar-refractivity contribution is 0.625. The van der Waals surface area contributed by atoms with Crippen LogP contribution in [0.1, 0.15) is 43.2 Å². The molecule has 0 aliphatic heterocycles. The molecule has 1 heterocycles. The Kier molecular flexibility index (Phi) is 3.68. The minimum Gasteiger partial charge on any atom is -0.361 e. The lowest BCUT2D eigenvalue weighted by atomic mass is 9.91. The van der Waals surface area contributed by atoms with E-state index in [2.05, 4.69) is 49.8 Å². The van der Waals surface area contributed by atoms with Crippen LogP contribution in [0, 0.1) is 6.92 Å². The van der Waals surface area contributed by atoms with E-state index in [1.807, 2.05) is 6.08 Å². The molecule has 17 heavy (non-hydrogen) atoms. The molecule has 0 amide bonds. The standard InChI is InChI=1S/C16H21N/c1-4-6-13(7-5-2)15-11-17-16-9-8-12(3)10-14(15)16/h4,8-11,13,17H,1,5-7H2,2-3H3. The van der Waals surface area contributed by atoms with Crippen LogP contribution in [0.15, 0.2) is 37.1 Å². The van der Waals surface area contributed by atoms with Crippen LogP contribution in [0.25, 0.3) is 10.9 Å². The zero-order chi connectivity index (χ0) is 12.3. The van der Waals surface area contributed by atoms with E-state index in [0.29, 0.717) is 5.92 Å². The van der Waals surface area contributed by atoms with Gasteiger partial charge in [0.1, 0.15) is 0 Å². The van der Waals surface area contributed by atoms with Crippen LogP contribution in [0.3, 0.4) is 0 Å². The van der Waals surface area contributed by atoms with Gasteiger partial charge in [-0.3, -0.25) is 0 Å². The highest BCUT2D eigenvalue weighted by Gasteiger charge is 2.13. The zero-order valence-corrected chi connectivity index (χ0v) is 10.8. The van der Waals surface area contributed by atoms with Crippen LogP contribution >= 0.6 is 0 Å². The highest BCUT2D eigenvalue weighted by Crippen LogP contribution is 2.31. The molecule has 1 heteroatoms. The molecule has 1 aromatic carbocycles. The number of hydrogen-bond acceptors (Lipinski definition) is 0. The normalized spacial score (nSPS) is 12.8. The number of rotatable bonds is 5. The Morgan fingerprint density at radius 1 is 1.41 bits per heavy atom. The molecule has 0 fully saturated rings. The monoisotopic (exact) mass is 227 g/mol. The molecule has 0 spiro atoms. The van der Waals surface area contributed by atoms with Gasteiger partial charge in [-0.15, -0.1) is 6.58 Å². The van der Waals surface area contributed by atoms with Crippen molar-refractivity contribution in [2.75, 3.05) is 0 Å². The Morgan fingerprint density at radius 2 is 2.24 bits per heavy atom. The van der Waals surface area contributed by atoms with Gasteiger partial charge in [-0.25, -0.2) is 0 Å². The van der Waals surface area contributed by atoms with Crippen molar-refractivity contribution >= 4 is 10.9 Å². The maximum Gasteiger partial charge on any atom is 0.0457 e. The van der Waals surface area contributed by atoms with E-state index >= 15 is 0 Å². The Balaban J connectivity index is 2.44. The smallest absolute Gasteiger partial charge is 0.0457 e. The summed E-state index contributed by atoms with van der Waals surface area (Å²) in [6, 6.07) is 6.61. The minimum absolute atomic E-state index is 0.605. The van der Waals surface area contributed by atoms with E-state index in [4.69, 9.17) is 0 Å². The Hall–Kier alpha value is -1.50. The first kappa shape index (κ1) is 12.0. The molecule has 1 aromatic heterocycles. The van der Waals surface area contributed by atoms with Gasteiger partial charge >= 0.3 is 0 Å². The summed E-state index contributed by atoms with van der Waals surface area (Å²) in [6.45, 7) is 8.28. The van der Waals surface area contributed by atoms with Crippen molar-refractivity contribution in [1.29, 1.82) is 0 Å². The first-order valence-electron chi connectivity index (χ1n) is 6.44. The van der Waals surface area contributed by atoms with Crippen LogP contribution in [0.4, 0.5) is 0 Å². The summed E-state index contributed by atoms with van der Waals surface area (Å²) in [5.74, 6) is 0.605. The fourth-order valence-electron chi connectivity index (χ4n) is 2.54. The third-order valence-electron chi connectivity index (χ3n) is 3.40. The molecule has 1 unspecified atom stereocenters. The van der Waals surface area contributed by atoms with E-state index in [1.54, 1.807) is 0 Å². The molecular formula is C16H21N. The minimum atomic E-state index is 0.605.